The molecule has 31 heavy (non-hydrogen) atoms. The van der Waals surface area contributed by atoms with Crippen LogP contribution in [0.3, 0.4) is 0 Å². The van der Waals surface area contributed by atoms with Crippen molar-refractivity contribution in [2.75, 3.05) is 19.6 Å². The van der Waals surface area contributed by atoms with Crippen LogP contribution in [0.15, 0.2) is 23.1 Å². The van der Waals surface area contributed by atoms with Crippen LogP contribution in [0.5, 0.6) is 0 Å². The fourth-order valence-corrected chi connectivity index (χ4v) is 5.74. The molecule has 9 nitrogen and oxygen atoms in total. The van der Waals surface area contributed by atoms with Gasteiger partial charge in [0.15, 0.2) is 0 Å². The number of rotatable bonds is 8. The molecule has 3 rings (SSSR count). The molecule has 1 fully saturated rings. The Morgan fingerprint density at radius 1 is 1.19 bits per heavy atom. The monoisotopic (exact) mass is 467 g/mol. The van der Waals surface area contributed by atoms with E-state index in [1.54, 1.807) is 19.1 Å². The van der Waals surface area contributed by atoms with E-state index >= 15 is 0 Å². The van der Waals surface area contributed by atoms with E-state index in [0.29, 0.717) is 36.3 Å². The van der Waals surface area contributed by atoms with E-state index in [2.05, 4.69) is 33.2 Å². The molecule has 0 bridgehead atoms. The number of sulfonamides is 1. The van der Waals surface area contributed by atoms with Crippen LogP contribution >= 0.6 is 11.7 Å². The summed E-state index contributed by atoms with van der Waals surface area (Å²) < 4.78 is 35.8. The van der Waals surface area contributed by atoms with E-state index < -0.39 is 16.1 Å². The third-order valence-corrected chi connectivity index (χ3v) is 7.94. The van der Waals surface area contributed by atoms with Crippen LogP contribution in [0.4, 0.5) is 0 Å². The predicted molar refractivity (Wildman–Crippen MR) is 119 cm³/mol. The summed E-state index contributed by atoms with van der Waals surface area (Å²) in [6.45, 7) is 6.88. The zero-order valence-corrected chi connectivity index (χ0v) is 19.6. The number of fused-ring (bicyclic) bond motifs is 1. The van der Waals surface area contributed by atoms with Gasteiger partial charge in [0.1, 0.15) is 22.0 Å². The van der Waals surface area contributed by atoms with Crippen LogP contribution in [0.1, 0.15) is 40.0 Å². The van der Waals surface area contributed by atoms with Gasteiger partial charge < -0.3 is 10.6 Å². The quantitative estimate of drug-likeness (QED) is 0.610. The topological polar surface area (TPSA) is 121 Å². The third-order valence-electron chi connectivity index (χ3n) is 5.46. The van der Waals surface area contributed by atoms with Gasteiger partial charge in [0.2, 0.25) is 21.8 Å². The van der Waals surface area contributed by atoms with Gasteiger partial charge in [0, 0.05) is 25.6 Å². The van der Waals surface area contributed by atoms with Gasteiger partial charge in [0.05, 0.1) is 11.7 Å². The molecule has 170 valence electrons. The molecule has 11 heteroatoms. The van der Waals surface area contributed by atoms with E-state index in [4.69, 9.17) is 0 Å². The highest BCUT2D eigenvalue weighted by Gasteiger charge is 2.34. The van der Waals surface area contributed by atoms with Crippen LogP contribution in [0, 0.1) is 11.8 Å². The first-order chi connectivity index (χ1) is 14.7. The van der Waals surface area contributed by atoms with E-state index in [-0.39, 0.29) is 35.7 Å². The summed E-state index contributed by atoms with van der Waals surface area (Å²) in [4.78, 5) is 24.9. The van der Waals surface area contributed by atoms with Crippen molar-refractivity contribution in [2.45, 2.75) is 51.0 Å². The van der Waals surface area contributed by atoms with Crippen LogP contribution in [0.2, 0.25) is 0 Å². The second kappa shape index (κ2) is 10.0. The molecular weight excluding hydrogens is 438 g/mol. The zero-order chi connectivity index (χ0) is 22.6. The van der Waals surface area contributed by atoms with Gasteiger partial charge in [-0.25, -0.2) is 8.42 Å². The number of benzene rings is 1. The van der Waals surface area contributed by atoms with Crippen molar-refractivity contribution in [3.8, 4) is 0 Å². The Bertz CT molecular complexity index is 1030. The molecule has 0 saturated carbocycles. The first-order valence-electron chi connectivity index (χ1n) is 10.5. The second-order valence-corrected chi connectivity index (χ2v) is 10.7. The minimum absolute atomic E-state index is 0.147. The molecule has 2 aromatic rings. The lowest BCUT2D eigenvalue weighted by Gasteiger charge is -2.31. The number of hydrogen-bond donors (Lipinski definition) is 2. The van der Waals surface area contributed by atoms with Crippen LogP contribution in [-0.2, 0) is 19.6 Å². The van der Waals surface area contributed by atoms with E-state index in [1.807, 2.05) is 0 Å². The summed E-state index contributed by atoms with van der Waals surface area (Å²) in [5.41, 5.74) is 0.936. The maximum absolute atomic E-state index is 13.1. The minimum Gasteiger partial charge on any atom is -0.354 e. The van der Waals surface area contributed by atoms with Crippen molar-refractivity contribution in [1.82, 2.24) is 23.7 Å². The highest BCUT2D eigenvalue weighted by atomic mass is 32.2. The van der Waals surface area contributed by atoms with Crippen molar-refractivity contribution >= 4 is 44.6 Å². The Balaban J connectivity index is 1.55. The van der Waals surface area contributed by atoms with Crippen LogP contribution in [0.25, 0.3) is 11.0 Å². The number of carbonyl (C=O) groups excluding carboxylic acids is 2. The average Bonchev–Trinajstić information content (AvgIpc) is 3.22. The largest absolute Gasteiger partial charge is 0.354 e. The minimum atomic E-state index is -3.72. The molecule has 1 aromatic heterocycles. The van der Waals surface area contributed by atoms with Gasteiger partial charge in [-0.1, -0.05) is 19.9 Å². The standard InChI is InChI=1S/C20H29N5O4S2/c1-13(2)7-10-21-19(26)14(3)22-20(27)15-8-11-25(12-9-15)31(28,29)17-6-4-5-16-18(17)24-30-23-16/h4-6,13-15H,7-12H2,1-3H3,(H,21,26)(H,22,27)/t14-/m1/s1. The summed E-state index contributed by atoms with van der Waals surface area (Å²) in [7, 11) is -3.72. The highest BCUT2D eigenvalue weighted by molar-refractivity contribution is 7.89. The van der Waals surface area contributed by atoms with Crippen molar-refractivity contribution in [2.24, 2.45) is 11.8 Å². The molecule has 2 heterocycles. The Morgan fingerprint density at radius 3 is 2.58 bits per heavy atom. The van der Waals surface area contributed by atoms with E-state index in [1.165, 1.54) is 10.4 Å². The lowest BCUT2D eigenvalue weighted by atomic mass is 9.97. The number of nitrogens with zero attached hydrogens (tertiary/aromatic N) is 3. The molecule has 1 aromatic carbocycles. The molecule has 1 aliphatic heterocycles. The Hall–Kier alpha value is -2.11. The fourth-order valence-electron chi connectivity index (χ4n) is 3.52. The van der Waals surface area contributed by atoms with Crippen molar-refractivity contribution in [1.29, 1.82) is 0 Å². The molecule has 2 amide bonds. The molecule has 0 radical (unpaired) electrons. The SMILES string of the molecule is CC(C)CCNC(=O)[C@@H](C)NC(=O)C1CCN(S(=O)(=O)c2cccc3nsnc23)CC1. The molecule has 0 unspecified atom stereocenters. The molecule has 1 saturated heterocycles. The van der Waals surface area contributed by atoms with E-state index in [9.17, 15) is 18.0 Å². The number of aromatic nitrogens is 2. The molecule has 1 aliphatic rings. The smallest absolute Gasteiger partial charge is 0.245 e. The normalized spacial score (nSPS) is 17.0. The summed E-state index contributed by atoms with van der Waals surface area (Å²) in [5.74, 6) is -0.257. The average molecular weight is 468 g/mol. The lowest BCUT2D eigenvalue weighted by Crippen LogP contribution is -2.49. The maximum atomic E-state index is 13.1. The number of hydrogen-bond acceptors (Lipinski definition) is 7. The number of piperidine rings is 1. The third kappa shape index (κ3) is 5.58. The summed E-state index contributed by atoms with van der Waals surface area (Å²) >= 11 is 0.980. The molecule has 0 spiro atoms. The van der Waals surface area contributed by atoms with Gasteiger partial charge in [-0.3, -0.25) is 9.59 Å². The number of carbonyl (C=O) groups is 2. The molecule has 2 N–H and O–H groups in total. The van der Waals surface area contributed by atoms with E-state index in [0.717, 1.165) is 18.1 Å². The second-order valence-electron chi connectivity index (χ2n) is 8.27. The molecular formula is C20H29N5O4S2. The predicted octanol–water partition coefficient (Wildman–Crippen LogP) is 1.76. The number of amides is 2. The molecule has 0 aliphatic carbocycles. The van der Waals surface area contributed by atoms with Gasteiger partial charge >= 0.3 is 0 Å². The number of nitrogens with one attached hydrogen (secondary N) is 2. The van der Waals surface area contributed by atoms with Gasteiger partial charge in [-0.2, -0.15) is 13.1 Å². The van der Waals surface area contributed by atoms with Crippen LogP contribution < -0.4 is 10.6 Å². The highest BCUT2D eigenvalue weighted by Crippen LogP contribution is 2.28. The van der Waals surface area contributed by atoms with Gasteiger partial charge in [0.25, 0.3) is 0 Å². The Kier molecular flexibility index (Phi) is 7.60. The van der Waals surface area contributed by atoms with Gasteiger partial charge in [-0.05, 0) is 44.2 Å². The zero-order valence-electron chi connectivity index (χ0n) is 18.0. The van der Waals surface area contributed by atoms with Crippen LogP contribution in [-0.4, -0.2) is 59.0 Å². The summed E-state index contributed by atoms with van der Waals surface area (Å²) in [5, 5.41) is 5.59. The first-order valence-corrected chi connectivity index (χ1v) is 12.7. The Morgan fingerprint density at radius 2 is 1.90 bits per heavy atom. The van der Waals surface area contributed by atoms with Crippen molar-refractivity contribution in [3.05, 3.63) is 18.2 Å². The lowest BCUT2D eigenvalue weighted by molar-refractivity contribution is -0.131. The first kappa shape index (κ1) is 23.6. The van der Waals surface area contributed by atoms with Crippen molar-refractivity contribution in [3.63, 3.8) is 0 Å². The Labute approximate surface area is 187 Å². The molecule has 1 atom stereocenters. The van der Waals surface area contributed by atoms with Crippen molar-refractivity contribution < 1.29 is 18.0 Å². The fraction of sp³-hybridized carbons (Fsp3) is 0.600. The summed E-state index contributed by atoms with van der Waals surface area (Å²) in [6, 6.07) is 4.30. The summed E-state index contributed by atoms with van der Waals surface area (Å²) in [6.07, 6.45) is 1.68. The maximum Gasteiger partial charge on any atom is 0.245 e. The van der Waals surface area contributed by atoms with Gasteiger partial charge in [-0.15, -0.1) is 0 Å².